The second kappa shape index (κ2) is 8.02. The molecule has 0 unspecified atom stereocenters. The average molecular weight is 356 g/mol. The Hall–Kier alpha value is -2.54. The molecule has 0 fully saturated rings. The molecule has 1 amide bonds. The molecular weight excluding hydrogens is 336 g/mol. The lowest BCUT2D eigenvalue weighted by Crippen LogP contribution is -2.10. The number of thiazole rings is 1. The smallest absolute Gasteiger partial charge is 0.270 e. The minimum Gasteiger partial charge on any atom is -0.333 e. The van der Waals surface area contributed by atoms with Crippen LogP contribution < -0.4 is 5.32 Å². The molecule has 2 heterocycles. The quantitative estimate of drug-likeness (QED) is 0.621. The second-order valence-corrected chi connectivity index (χ2v) is 6.71. The number of carbonyl (C=O) groups excluding carboxylic acids is 1. The van der Waals surface area contributed by atoms with Gasteiger partial charge in [0.2, 0.25) is 5.91 Å². The first-order valence-electron chi connectivity index (χ1n) is 8.34. The van der Waals surface area contributed by atoms with E-state index in [-0.39, 0.29) is 5.91 Å². The van der Waals surface area contributed by atoms with Crippen molar-refractivity contribution >= 4 is 22.4 Å². The van der Waals surface area contributed by atoms with Gasteiger partial charge in [-0.3, -0.25) is 4.79 Å². The standard InChI is InChI=1S/C18H20N4O2S/c1-3-4-6-11-14(23)20-18-21-15(13-9-7-5-8-10-13)16(25-18)17-19-12(2)22-24-17/h5,7-10H,3-4,6,11H2,1-2H3,(H,20,21,23). The fourth-order valence-electron chi connectivity index (χ4n) is 2.42. The third-order valence-corrected chi connectivity index (χ3v) is 4.61. The van der Waals surface area contributed by atoms with E-state index in [2.05, 4.69) is 27.4 Å². The van der Waals surface area contributed by atoms with E-state index in [1.54, 1.807) is 6.92 Å². The minimum atomic E-state index is -0.0185. The van der Waals surface area contributed by atoms with Crippen LogP contribution in [0.3, 0.4) is 0 Å². The number of hydrogen-bond donors (Lipinski definition) is 1. The van der Waals surface area contributed by atoms with Gasteiger partial charge in [0.25, 0.3) is 5.89 Å². The van der Waals surface area contributed by atoms with Gasteiger partial charge in [0.05, 0.1) is 5.69 Å². The molecule has 1 aromatic carbocycles. The SMILES string of the molecule is CCCCCC(=O)Nc1nc(-c2ccccc2)c(-c2nc(C)no2)s1. The van der Waals surface area contributed by atoms with Gasteiger partial charge in [-0.25, -0.2) is 4.98 Å². The zero-order valence-corrected chi connectivity index (χ0v) is 15.1. The molecule has 0 spiro atoms. The van der Waals surface area contributed by atoms with Crippen molar-refractivity contribution in [1.29, 1.82) is 0 Å². The molecule has 0 aliphatic heterocycles. The number of benzene rings is 1. The highest BCUT2D eigenvalue weighted by Crippen LogP contribution is 2.38. The number of amides is 1. The Labute approximate surface area is 150 Å². The lowest BCUT2D eigenvalue weighted by atomic mass is 10.1. The number of carbonyl (C=O) groups is 1. The highest BCUT2D eigenvalue weighted by molar-refractivity contribution is 7.19. The summed E-state index contributed by atoms with van der Waals surface area (Å²) < 4.78 is 5.31. The summed E-state index contributed by atoms with van der Waals surface area (Å²) in [6, 6.07) is 9.77. The number of aryl methyl sites for hydroxylation is 1. The van der Waals surface area contributed by atoms with Crippen LogP contribution in [0.4, 0.5) is 5.13 Å². The van der Waals surface area contributed by atoms with Gasteiger partial charge in [0.15, 0.2) is 11.0 Å². The largest absolute Gasteiger partial charge is 0.333 e. The zero-order chi connectivity index (χ0) is 17.6. The number of hydrogen-bond acceptors (Lipinski definition) is 6. The third kappa shape index (κ3) is 4.30. The summed E-state index contributed by atoms with van der Waals surface area (Å²) in [4.78, 5) is 21.7. The molecule has 7 heteroatoms. The van der Waals surface area contributed by atoms with Crippen molar-refractivity contribution in [3.8, 4) is 22.0 Å². The summed E-state index contributed by atoms with van der Waals surface area (Å²) >= 11 is 1.35. The predicted octanol–water partition coefficient (Wildman–Crippen LogP) is 4.69. The molecule has 0 radical (unpaired) electrons. The second-order valence-electron chi connectivity index (χ2n) is 5.71. The van der Waals surface area contributed by atoms with Crippen LogP contribution in [0.2, 0.25) is 0 Å². The summed E-state index contributed by atoms with van der Waals surface area (Å²) in [6.45, 7) is 3.89. The highest BCUT2D eigenvalue weighted by Gasteiger charge is 2.20. The van der Waals surface area contributed by atoms with E-state index in [1.165, 1.54) is 11.3 Å². The molecule has 0 bridgehead atoms. The summed E-state index contributed by atoms with van der Waals surface area (Å²) in [7, 11) is 0. The molecule has 0 aliphatic rings. The molecule has 6 nitrogen and oxygen atoms in total. The fraction of sp³-hybridized carbons (Fsp3) is 0.333. The van der Waals surface area contributed by atoms with Crippen LogP contribution in [0.5, 0.6) is 0 Å². The monoisotopic (exact) mass is 356 g/mol. The van der Waals surface area contributed by atoms with Gasteiger partial charge < -0.3 is 9.84 Å². The van der Waals surface area contributed by atoms with Crippen molar-refractivity contribution in [2.24, 2.45) is 0 Å². The van der Waals surface area contributed by atoms with Crippen LogP contribution in [-0.2, 0) is 4.79 Å². The van der Waals surface area contributed by atoms with E-state index in [0.717, 1.165) is 35.4 Å². The Balaban J connectivity index is 1.88. The van der Waals surface area contributed by atoms with E-state index in [0.29, 0.717) is 23.3 Å². The van der Waals surface area contributed by atoms with Gasteiger partial charge in [-0.05, 0) is 13.3 Å². The fourth-order valence-corrected chi connectivity index (χ4v) is 3.34. The minimum absolute atomic E-state index is 0.0185. The molecular formula is C18H20N4O2S. The molecule has 3 rings (SSSR count). The average Bonchev–Trinajstić information content (AvgIpc) is 3.22. The van der Waals surface area contributed by atoms with Crippen molar-refractivity contribution in [1.82, 2.24) is 15.1 Å². The number of anilines is 1. The van der Waals surface area contributed by atoms with Gasteiger partial charge in [-0.2, -0.15) is 4.98 Å². The molecule has 0 aliphatic carbocycles. The molecule has 1 N–H and O–H groups in total. The number of nitrogens with one attached hydrogen (secondary N) is 1. The van der Waals surface area contributed by atoms with E-state index < -0.39 is 0 Å². The molecule has 2 aromatic heterocycles. The van der Waals surface area contributed by atoms with Crippen LogP contribution in [0.25, 0.3) is 22.0 Å². The first kappa shape index (κ1) is 17.3. The Kier molecular flexibility index (Phi) is 5.55. The maximum Gasteiger partial charge on any atom is 0.270 e. The maximum atomic E-state index is 12.1. The molecule has 3 aromatic rings. The molecule has 25 heavy (non-hydrogen) atoms. The molecule has 0 atom stereocenters. The van der Waals surface area contributed by atoms with E-state index in [9.17, 15) is 4.79 Å². The number of unbranched alkanes of at least 4 members (excludes halogenated alkanes) is 2. The van der Waals surface area contributed by atoms with Crippen molar-refractivity contribution in [2.45, 2.75) is 39.5 Å². The maximum absolute atomic E-state index is 12.1. The number of nitrogens with zero attached hydrogens (tertiary/aromatic N) is 3. The lowest BCUT2D eigenvalue weighted by Gasteiger charge is -2.00. The van der Waals surface area contributed by atoms with E-state index >= 15 is 0 Å². The van der Waals surface area contributed by atoms with E-state index in [4.69, 9.17) is 4.52 Å². The van der Waals surface area contributed by atoms with Crippen LogP contribution in [-0.4, -0.2) is 21.0 Å². The summed E-state index contributed by atoms with van der Waals surface area (Å²) in [5.74, 6) is 0.961. The Morgan fingerprint density at radius 3 is 2.68 bits per heavy atom. The number of aromatic nitrogens is 3. The van der Waals surface area contributed by atoms with Crippen molar-refractivity contribution < 1.29 is 9.32 Å². The van der Waals surface area contributed by atoms with Gasteiger partial charge in [-0.15, -0.1) is 0 Å². The van der Waals surface area contributed by atoms with Crippen LogP contribution in [0.15, 0.2) is 34.9 Å². The van der Waals surface area contributed by atoms with Crippen LogP contribution in [0, 0.1) is 6.92 Å². The Morgan fingerprint density at radius 1 is 1.20 bits per heavy atom. The summed E-state index contributed by atoms with van der Waals surface area (Å²) in [5.41, 5.74) is 1.68. The van der Waals surface area contributed by atoms with Gasteiger partial charge in [0.1, 0.15) is 4.88 Å². The van der Waals surface area contributed by atoms with Crippen molar-refractivity contribution in [2.75, 3.05) is 5.32 Å². The summed E-state index contributed by atoms with van der Waals surface area (Å²) in [5, 5.41) is 7.29. The van der Waals surface area contributed by atoms with Crippen molar-refractivity contribution in [3.05, 3.63) is 36.2 Å². The Bertz CT molecular complexity index is 842. The molecule has 0 saturated carbocycles. The van der Waals surface area contributed by atoms with Gasteiger partial charge in [-0.1, -0.05) is 66.6 Å². The Morgan fingerprint density at radius 2 is 2.00 bits per heavy atom. The van der Waals surface area contributed by atoms with Crippen LogP contribution in [0.1, 0.15) is 38.4 Å². The molecule has 130 valence electrons. The van der Waals surface area contributed by atoms with Gasteiger partial charge >= 0.3 is 0 Å². The molecule has 0 saturated heterocycles. The normalized spacial score (nSPS) is 10.8. The predicted molar refractivity (Wildman–Crippen MR) is 98.4 cm³/mol. The van der Waals surface area contributed by atoms with E-state index in [1.807, 2.05) is 30.3 Å². The first-order chi connectivity index (χ1) is 12.2. The van der Waals surface area contributed by atoms with Crippen molar-refractivity contribution in [3.63, 3.8) is 0 Å². The lowest BCUT2D eigenvalue weighted by molar-refractivity contribution is -0.116. The zero-order valence-electron chi connectivity index (χ0n) is 14.3. The third-order valence-electron chi connectivity index (χ3n) is 3.65. The first-order valence-corrected chi connectivity index (χ1v) is 9.15. The number of rotatable bonds is 7. The van der Waals surface area contributed by atoms with Crippen LogP contribution >= 0.6 is 11.3 Å². The van der Waals surface area contributed by atoms with Gasteiger partial charge in [0, 0.05) is 12.0 Å². The highest BCUT2D eigenvalue weighted by atomic mass is 32.1. The summed E-state index contributed by atoms with van der Waals surface area (Å²) in [6.07, 6.45) is 3.52. The topological polar surface area (TPSA) is 80.9 Å².